The zero-order chi connectivity index (χ0) is 29.2. The maximum Gasteiger partial charge on any atom is 0.317 e. The average molecular weight is 595 g/mol. The Kier molecular flexibility index (Phi) is 8.03. The first-order chi connectivity index (χ1) is 20.4. The van der Waals surface area contributed by atoms with Crippen LogP contribution < -0.4 is 10.5 Å². The van der Waals surface area contributed by atoms with Gasteiger partial charge in [-0.15, -0.1) is 0 Å². The molecule has 4 aromatic rings. The lowest BCUT2D eigenvalue weighted by Gasteiger charge is -2.28. The molecule has 42 heavy (non-hydrogen) atoms. The van der Waals surface area contributed by atoms with Crippen LogP contribution >= 0.6 is 11.6 Å². The van der Waals surface area contributed by atoms with Crippen LogP contribution in [0.5, 0.6) is 6.01 Å². The monoisotopic (exact) mass is 594 g/mol. The second kappa shape index (κ2) is 12.0. The standard InChI is InChI=1S/C30H29ClF2N6O3/c31-21-7-5-20(23(32)13-21)16-42-30-35-14-24(33)28(37-30)18-3-1-17(2-4-18)11-27-36-25-12-19(29(34)38-40)6-8-26(25)39(27)15-22-9-10-41-22/h3,5-8,12-14,17,22,40H,1-2,4,9-11,15-16H2,(H2,34,38). The molecule has 1 aliphatic carbocycles. The number of benzene rings is 2. The van der Waals surface area contributed by atoms with Crippen LogP contribution in [0.25, 0.3) is 16.6 Å². The second-order valence-electron chi connectivity index (χ2n) is 10.6. The van der Waals surface area contributed by atoms with Gasteiger partial charge in [0, 0.05) is 29.2 Å². The highest BCUT2D eigenvalue weighted by molar-refractivity contribution is 6.30. The highest BCUT2D eigenvalue weighted by Gasteiger charge is 2.25. The molecule has 6 rings (SSSR count). The van der Waals surface area contributed by atoms with Crippen LogP contribution in [0, 0.1) is 17.6 Å². The van der Waals surface area contributed by atoms with Crippen molar-refractivity contribution < 1.29 is 23.5 Å². The van der Waals surface area contributed by atoms with Crippen molar-refractivity contribution >= 4 is 34.0 Å². The zero-order valence-corrected chi connectivity index (χ0v) is 23.4. The van der Waals surface area contributed by atoms with E-state index >= 15 is 0 Å². The first-order valence-corrected chi connectivity index (χ1v) is 14.1. The van der Waals surface area contributed by atoms with Gasteiger partial charge in [-0.05, 0) is 67.5 Å². The van der Waals surface area contributed by atoms with Gasteiger partial charge in [-0.25, -0.2) is 18.7 Å². The summed E-state index contributed by atoms with van der Waals surface area (Å²) in [6, 6.07) is 9.85. The number of aromatic nitrogens is 4. The molecule has 1 fully saturated rings. The van der Waals surface area contributed by atoms with Crippen molar-refractivity contribution in [1.82, 2.24) is 19.5 Å². The molecule has 0 spiro atoms. The number of imidazole rings is 1. The lowest BCUT2D eigenvalue weighted by Crippen LogP contribution is -2.32. The van der Waals surface area contributed by atoms with E-state index in [4.69, 9.17) is 37.0 Å². The van der Waals surface area contributed by atoms with Gasteiger partial charge >= 0.3 is 6.01 Å². The van der Waals surface area contributed by atoms with Crippen molar-refractivity contribution in [1.29, 1.82) is 0 Å². The van der Waals surface area contributed by atoms with Crippen molar-refractivity contribution in [2.24, 2.45) is 16.8 Å². The molecule has 3 N–H and O–H groups in total. The Morgan fingerprint density at radius 1 is 1.17 bits per heavy atom. The van der Waals surface area contributed by atoms with Crippen LogP contribution in [0.2, 0.25) is 5.02 Å². The van der Waals surface area contributed by atoms with Gasteiger partial charge in [-0.2, -0.15) is 4.98 Å². The first kappa shape index (κ1) is 28.0. The third-order valence-corrected chi connectivity index (χ3v) is 8.03. The van der Waals surface area contributed by atoms with Gasteiger partial charge in [-0.3, -0.25) is 0 Å². The Labute approximate surface area is 245 Å². The third-order valence-electron chi connectivity index (χ3n) is 7.80. The molecular formula is C30H29ClF2N6O3. The Morgan fingerprint density at radius 3 is 2.74 bits per heavy atom. The van der Waals surface area contributed by atoms with Crippen molar-refractivity contribution in [2.75, 3.05) is 6.61 Å². The van der Waals surface area contributed by atoms with Crippen molar-refractivity contribution in [3.05, 3.63) is 88.0 Å². The first-order valence-electron chi connectivity index (χ1n) is 13.7. The number of halogens is 3. The summed E-state index contributed by atoms with van der Waals surface area (Å²) >= 11 is 5.81. The van der Waals surface area contributed by atoms with E-state index in [-0.39, 0.29) is 35.3 Å². The van der Waals surface area contributed by atoms with Gasteiger partial charge in [0.1, 0.15) is 23.9 Å². The lowest BCUT2D eigenvalue weighted by atomic mass is 9.86. The summed E-state index contributed by atoms with van der Waals surface area (Å²) in [5, 5.41) is 12.5. The molecule has 0 bridgehead atoms. The SMILES string of the molecule is NC(=NO)c1ccc2c(c1)nc(CC1CC=C(c3nc(OCc4ccc(Cl)cc4F)ncc3F)CC1)n2CC1CCO1. The number of nitrogens with two attached hydrogens (primary N) is 1. The minimum Gasteiger partial charge on any atom is -0.458 e. The molecule has 2 aromatic carbocycles. The number of amidine groups is 1. The average Bonchev–Trinajstić information content (AvgIpc) is 3.31. The fraction of sp³-hybridized carbons (Fsp3) is 0.333. The van der Waals surface area contributed by atoms with E-state index in [0.29, 0.717) is 30.0 Å². The minimum atomic E-state index is -0.534. The number of nitrogens with zero attached hydrogens (tertiary/aromatic N) is 5. The summed E-state index contributed by atoms with van der Waals surface area (Å²) < 4.78 is 42.3. The number of oxime groups is 1. The van der Waals surface area contributed by atoms with E-state index in [1.165, 1.54) is 12.1 Å². The maximum atomic E-state index is 14.8. The molecule has 1 saturated heterocycles. The Bertz CT molecular complexity index is 1690. The number of hydrogen-bond acceptors (Lipinski definition) is 7. The van der Waals surface area contributed by atoms with Crippen molar-refractivity contribution in [2.45, 2.75) is 51.4 Å². The molecule has 12 heteroatoms. The summed E-state index contributed by atoms with van der Waals surface area (Å²) in [5.74, 6) is 0.237. The molecule has 2 aliphatic rings. The lowest BCUT2D eigenvalue weighted by molar-refractivity contribution is -0.0590. The Balaban J connectivity index is 1.17. The second-order valence-corrected chi connectivity index (χ2v) is 11.0. The molecule has 1 aliphatic heterocycles. The summed E-state index contributed by atoms with van der Waals surface area (Å²) in [4.78, 5) is 13.1. The molecule has 2 aromatic heterocycles. The molecule has 3 heterocycles. The van der Waals surface area contributed by atoms with Crippen LogP contribution in [-0.4, -0.2) is 43.3 Å². The summed E-state index contributed by atoms with van der Waals surface area (Å²) in [7, 11) is 0. The number of fused-ring (bicyclic) bond motifs is 1. The highest BCUT2D eigenvalue weighted by atomic mass is 35.5. The molecule has 2 unspecified atom stereocenters. The summed E-state index contributed by atoms with van der Waals surface area (Å²) in [6.07, 6.45) is 7.15. The number of allylic oxidation sites excluding steroid dienone is 2. The molecule has 2 atom stereocenters. The van der Waals surface area contributed by atoms with Gasteiger partial charge in [0.05, 0.1) is 29.9 Å². The Hall–Kier alpha value is -4.09. The molecule has 0 saturated carbocycles. The van der Waals surface area contributed by atoms with Gasteiger partial charge in [0.2, 0.25) is 0 Å². The highest BCUT2D eigenvalue weighted by Crippen LogP contribution is 2.34. The summed E-state index contributed by atoms with van der Waals surface area (Å²) in [5.41, 5.74) is 9.42. The molecule has 9 nitrogen and oxygen atoms in total. The van der Waals surface area contributed by atoms with Crippen molar-refractivity contribution in [3.63, 3.8) is 0 Å². The fourth-order valence-electron chi connectivity index (χ4n) is 5.36. The number of hydrogen-bond donors (Lipinski definition) is 2. The van der Waals surface area contributed by atoms with Crippen LogP contribution in [0.3, 0.4) is 0 Å². The zero-order valence-electron chi connectivity index (χ0n) is 22.6. The quantitative estimate of drug-likeness (QED) is 0.111. The predicted molar refractivity (Wildman–Crippen MR) is 153 cm³/mol. The minimum absolute atomic E-state index is 0.0260. The van der Waals surface area contributed by atoms with Gasteiger partial charge in [-0.1, -0.05) is 28.9 Å². The van der Waals surface area contributed by atoms with Gasteiger partial charge in [0.15, 0.2) is 11.7 Å². The third kappa shape index (κ3) is 5.93. The largest absolute Gasteiger partial charge is 0.458 e. The molecular weight excluding hydrogens is 566 g/mol. The Morgan fingerprint density at radius 2 is 2.02 bits per heavy atom. The normalized spacial score (nSPS) is 19.0. The van der Waals surface area contributed by atoms with Crippen LogP contribution in [-0.2, 0) is 24.3 Å². The van der Waals surface area contributed by atoms with Crippen LogP contribution in [0.15, 0.2) is 53.8 Å². The molecule has 0 amide bonds. The fourth-order valence-corrected chi connectivity index (χ4v) is 5.52. The molecule has 218 valence electrons. The summed E-state index contributed by atoms with van der Waals surface area (Å²) in [6.45, 7) is 1.36. The van der Waals surface area contributed by atoms with Gasteiger partial charge < -0.3 is 25.0 Å². The van der Waals surface area contributed by atoms with Gasteiger partial charge in [0.25, 0.3) is 0 Å². The predicted octanol–water partition coefficient (Wildman–Crippen LogP) is 5.65. The number of rotatable bonds is 9. The van der Waals surface area contributed by atoms with E-state index in [0.717, 1.165) is 60.9 Å². The smallest absolute Gasteiger partial charge is 0.317 e. The molecule has 0 radical (unpaired) electrons. The maximum absolute atomic E-state index is 14.8. The van der Waals surface area contributed by atoms with E-state index in [9.17, 15) is 8.78 Å². The topological polar surface area (TPSA) is 121 Å². The van der Waals surface area contributed by atoms with E-state index in [1.807, 2.05) is 24.3 Å². The van der Waals surface area contributed by atoms with Crippen LogP contribution in [0.1, 0.15) is 48.3 Å². The van der Waals surface area contributed by atoms with E-state index in [2.05, 4.69) is 19.7 Å². The van der Waals surface area contributed by atoms with E-state index < -0.39 is 11.6 Å². The van der Waals surface area contributed by atoms with E-state index in [1.54, 1.807) is 6.07 Å². The van der Waals surface area contributed by atoms with Crippen molar-refractivity contribution in [3.8, 4) is 6.01 Å². The van der Waals surface area contributed by atoms with Crippen LogP contribution in [0.4, 0.5) is 8.78 Å². The number of ether oxygens (including phenoxy) is 2.